The third kappa shape index (κ3) is 2.16. The van der Waals surface area contributed by atoms with E-state index in [2.05, 4.69) is 4.98 Å². The maximum absolute atomic E-state index is 13.6. The van der Waals surface area contributed by atoms with Crippen molar-refractivity contribution >= 4 is 22.5 Å². The molecule has 0 saturated heterocycles. The molecule has 2 N–H and O–H groups in total. The van der Waals surface area contributed by atoms with Crippen molar-refractivity contribution in [1.82, 2.24) is 9.55 Å². The molecule has 0 aliphatic rings. The van der Waals surface area contributed by atoms with Gasteiger partial charge in [-0.1, -0.05) is 6.07 Å². The van der Waals surface area contributed by atoms with Crippen LogP contribution in [0, 0.1) is 5.82 Å². The van der Waals surface area contributed by atoms with E-state index in [1.807, 2.05) is 0 Å². The van der Waals surface area contributed by atoms with Crippen molar-refractivity contribution in [2.45, 2.75) is 13.0 Å². The first-order valence-corrected chi connectivity index (χ1v) is 5.57. The molecule has 0 saturated carbocycles. The largest absolute Gasteiger partial charge is 0.330 e. The maximum Gasteiger partial charge on any atom is 0.265 e. The van der Waals surface area contributed by atoms with Gasteiger partial charge in [-0.25, -0.2) is 9.37 Å². The van der Waals surface area contributed by atoms with Crippen LogP contribution in [0.1, 0.15) is 6.42 Å². The number of hydrogen-bond acceptors (Lipinski definition) is 3. The first kappa shape index (κ1) is 12.0. The van der Waals surface area contributed by atoms with E-state index < -0.39 is 11.4 Å². The van der Waals surface area contributed by atoms with Crippen LogP contribution < -0.4 is 11.3 Å². The van der Waals surface area contributed by atoms with Gasteiger partial charge in [-0.3, -0.25) is 9.36 Å². The number of nitrogens with two attached hydrogens (primary N) is 1. The Morgan fingerprint density at radius 1 is 1.47 bits per heavy atom. The quantitative estimate of drug-likeness (QED) is 0.847. The topological polar surface area (TPSA) is 60.9 Å². The molecule has 2 aromatic rings. The van der Waals surface area contributed by atoms with Crippen molar-refractivity contribution in [2.24, 2.45) is 5.73 Å². The Hall–Kier alpha value is -1.46. The van der Waals surface area contributed by atoms with E-state index in [0.29, 0.717) is 19.5 Å². The molecule has 0 aliphatic heterocycles. The summed E-state index contributed by atoms with van der Waals surface area (Å²) in [4.78, 5) is 16.0. The van der Waals surface area contributed by atoms with Crippen LogP contribution in [-0.4, -0.2) is 16.1 Å². The molecule has 4 nitrogen and oxygen atoms in total. The number of hydrogen-bond donors (Lipinski definition) is 1. The van der Waals surface area contributed by atoms with Crippen molar-refractivity contribution in [1.29, 1.82) is 0 Å². The zero-order valence-electron chi connectivity index (χ0n) is 8.99. The van der Waals surface area contributed by atoms with E-state index >= 15 is 0 Å². The first-order valence-electron chi connectivity index (χ1n) is 5.20. The predicted molar refractivity (Wildman–Crippen MR) is 64.6 cm³/mol. The molecule has 0 amide bonds. The highest BCUT2D eigenvalue weighted by Gasteiger charge is 2.12. The van der Waals surface area contributed by atoms with Gasteiger partial charge >= 0.3 is 0 Å². The molecule has 2 rings (SSSR count). The maximum atomic E-state index is 13.6. The zero-order chi connectivity index (χ0) is 12.4. The van der Waals surface area contributed by atoms with Crippen molar-refractivity contribution in [3.8, 4) is 0 Å². The highest BCUT2D eigenvalue weighted by molar-refractivity contribution is 6.28. The first-order chi connectivity index (χ1) is 8.15. The monoisotopic (exact) mass is 255 g/mol. The molecule has 17 heavy (non-hydrogen) atoms. The van der Waals surface area contributed by atoms with E-state index in [1.165, 1.54) is 16.7 Å². The summed E-state index contributed by atoms with van der Waals surface area (Å²) in [7, 11) is 0. The standard InChI is InChI=1S/C11H11ClFN3O/c12-11-15-8-4-1-3-7(13)9(8)10(17)16(11)6-2-5-14/h1,3-4H,2,5-6,14H2. The SMILES string of the molecule is NCCCn1c(Cl)nc2cccc(F)c2c1=O. The minimum Gasteiger partial charge on any atom is -0.330 e. The highest BCUT2D eigenvalue weighted by atomic mass is 35.5. The zero-order valence-corrected chi connectivity index (χ0v) is 9.75. The van der Waals surface area contributed by atoms with Gasteiger partial charge in [-0.2, -0.15) is 0 Å². The Kier molecular flexibility index (Phi) is 3.40. The molecule has 0 fully saturated rings. The van der Waals surface area contributed by atoms with E-state index in [0.717, 1.165) is 0 Å². The number of benzene rings is 1. The van der Waals surface area contributed by atoms with Gasteiger partial charge in [-0.15, -0.1) is 0 Å². The summed E-state index contributed by atoms with van der Waals surface area (Å²) in [6.45, 7) is 0.767. The number of fused-ring (bicyclic) bond motifs is 1. The molecular formula is C11H11ClFN3O. The Labute approximate surface area is 102 Å². The summed E-state index contributed by atoms with van der Waals surface area (Å²) in [6.07, 6.45) is 0.585. The second kappa shape index (κ2) is 4.81. The summed E-state index contributed by atoms with van der Waals surface area (Å²) in [5, 5.41) is 0.0236. The number of halogens is 2. The number of rotatable bonds is 3. The second-order valence-corrected chi connectivity index (χ2v) is 3.95. The minimum absolute atomic E-state index is 0.0334. The lowest BCUT2D eigenvalue weighted by Gasteiger charge is -2.08. The molecule has 90 valence electrons. The molecular weight excluding hydrogens is 245 g/mol. The van der Waals surface area contributed by atoms with Crippen LogP contribution in [0.15, 0.2) is 23.0 Å². The van der Waals surface area contributed by atoms with Crippen LogP contribution in [-0.2, 0) is 6.54 Å². The van der Waals surface area contributed by atoms with Crippen LogP contribution in [0.3, 0.4) is 0 Å². The average Bonchev–Trinajstić information content (AvgIpc) is 2.28. The van der Waals surface area contributed by atoms with E-state index in [1.54, 1.807) is 6.07 Å². The lowest BCUT2D eigenvalue weighted by Crippen LogP contribution is -2.24. The van der Waals surface area contributed by atoms with Crippen molar-refractivity contribution in [3.05, 3.63) is 39.7 Å². The fraction of sp³-hybridized carbons (Fsp3) is 0.273. The Morgan fingerprint density at radius 2 is 2.24 bits per heavy atom. The average molecular weight is 256 g/mol. The molecule has 0 radical (unpaired) electrons. The number of nitrogens with zero attached hydrogens (tertiary/aromatic N) is 2. The molecule has 1 aromatic heterocycles. The molecule has 6 heteroatoms. The summed E-state index contributed by atoms with van der Waals surface area (Å²) in [6, 6.07) is 4.27. The summed E-state index contributed by atoms with van der Waals surface area (Å²) in [5.41, 5.74) is 5.17. The normalized spacial score (nSPS) is 11.0. The Bertz CT molecular complexity index is 611. The second-order valence-electron chi connectivity index (χ2n) is 3.61. The van der Waals surface area contributed by atoms with E-state index in [-0.39, 0.29) is 16.2 Å². The molecule has 0 atom stereocenters. The van der Waals surface area contributed by atoms with Crippen molar-refractivity contribution < 1.29 is 4.39 Å². The molecule has 0 bridgehead atoms. The molecule has 0 unspecified atom stereocenters. The van der Waals surface area contributed by atoms with Gasteiger partial charge in [0.1, 0.15) is 11.2 Å². The predicted octanol–water partition coefficient (Wildman–Crippen LogP) is 1.54. The van der Waals surface area contributed by atoms with Crippen molar-refractivity contribution in [2.75, 3.05) is 6.54 Å². The lowest BCUT2D eigenvalue weighted by molar-refractivity contribution is 0.612. The fourth-order valence-corrected chi connectivity index (χ4v) is 1.89. The number of aromatic nitrogens is 2. The van der Waals surface area contributed by atoms with Gasteiger partial charge < -0.3 is 5.73 Å². The third-order valence-corrected chi connectivity index (χ3v) is 2.76. The highest BCUT2D eigenvalue weighted by Crippen LogP contribution is 2.14. The minimum atomic E-state index is -0.585. The molecule has 0 aliphatic carbocycles. The van der Waals surface area contributed by atoms with Crippen LogP contribution in [0.4, 0.5) is 4.39 Å². The van der Waals surface area contributed by atoms with Crippen LogP contribution >= 0.6 is 11.6 Å². The van der Waals surface area contributed by atoms with Gasteiger partial charge in [0, 0.05) is 6.54 Å². The molecule has 0 spiro atoms. The van der Waals surface area contributed by atoms with Gasteiger partial charge in [0.05, 0.1) is 5.52 Å². The van der Waals surface area contributed by atoms with Gasteiger partial charge in [0.15, 0.2) is 0 Å². The fourth-order valence-electron chi connectivity index (χ4n) is 1.64. The van der Waals surface area contributed by atoms with Gasteiger partial charge in [0.25, 0.3) is 5.56 Å². The van der Waals surface area contributed by atoms with Crippen molar-refractivity contribution in [3.63, 3.8) is 0 Å². The van der Waals surface area contributed by atoms with Gasteiger partial charge in [0.2, 0.25) is 5.28 Å². The van der Waals surface area contributed by atoms with E-state index in [9.17, 15) is 9.18 Å². The lowest BCUT2D eigenvalue weighted by atomic mass is 10.2. The van der Waals surface area contributed by atoms with Crippen LogP contribution in [0.2, 0.25) is 5.28 Å². The Morgan fingerprint density at radius 3 is 2.94 bits per heavy atom. The van der Waals surface area contributed by atoms with Crippen LogP contribution in [0.25, 0.3) is 10.9 Å². The van der Waals surface area contributed by atoms with Crippen LogP contribution in [0.5, 0.6) is 0 Å². The molecule has 1 aromatic carbocycles. The Balaban J connectivity index is 2.70. The third-order valence-electron chi connectivity index (χ3n) is 2.47. The summed E-state index contributed by atoms with van der Waals surface area (Å²) < 4.78 is 14.8. The summed E-state index contributed by atoms with van der Waals surface area (Å²) in [5.74, 6) is -0.585. The summed E-state index contributed by atoms with van der Waals surface area (Å²) >= 11 is 5.89. The van der Waals surface area contributed by atoms with Gasteiger partial charge in [-0.05, 0) is 36.7 Å². The molecule has 1 heterocycles. The van der Waals surface area contributed by atoms with E-state index in [4.69, 9.17) is 17.3 Å². The smallest absolute Gasteiger partial charge is 0.265 e.